The molecule has 0 fully saturated rings. The van der Waals surface area contributed by atoms with Gasteiger partial charge in [0.1, 0.15) is 12.6 Å². The van der Waals surface area contributed by atoms with E-state index >= 15 is 0 Å². The fraction of sp³-hybridized carbons (Fsp3) is 0.444. The van der Waals surface area contributed by atoms with Gasteiger partial charge in [-0.2, -0.15) is 0 Å². The van der Waals surface area contributed by atoms with E-state index in [1.165, 1.54) is 11.1 Å². The average Bonchev–Trinajstić information content (AvgIpc) is 3.13. The van der Waals surface area contributed by atoms with E-state index in [4.69, 9.17) is 4.74 Å². The molecule has 0 aliphatic heterocycles. The van der Waals surface area contributed by atoms with Crippen LogP contribution in [-0.4, -0.2) is 42.3 Å². The first-order valence-electron chi connectivity index (χ1n) is 11.9. The lowest BCUT2D eigenvalue weighted by molar-refractivity contribution is -0.143. The third kappa shape index (κ3) is 5.95. The summed E-state index contributed by atoms with van der Waals surface area (Å²) < 4.78 is 5.53. The van der Waals surface area contributed by atoms with Gasteiger partial charge in [-0.1, -0.05) is 82.1 Å². The van der Waals surface area contributed by atoms with Crippen LogP contribution in [0.25, 0.3) is 11.1 Å². The number of benzene rings is 2. The van der Waals surface area contributed by atoms with Crippen LogP contribution in [0.3, 0.4) is 0 Å². The van der Waals surface area contributed by atoms with E-state index in [0.717, 1.165) is 24.0 Å². The lowest BCUT2D eigenvalue weighted by atomic mass is 9.87. The number of ether oxygens (including phenoxy) is 1. The van der Waals surface area contributed by atoms with Gasteiger partial charge in [0, 0.05) is 17.9 Å². The molecule has 1 aliphatic carbocycles. The molecule has 182 valence electrons. The van der Waals surface area contributed by atoms with Crippen LogP contribution in [0.1, 0.15) is 63.5 Å². The molecule has 0 spiro atoms. The fourth-order valence-corrected chi connectivity index (χ4v) is 4.26. The summed E-state index contributed by atoms with van der Waals surface area (Å²) in [5.41, 5.74) is 3.78. The quantitative estimate of drug-likeness (QED) is 0.445. The predicted molar refractivity (Wildman–Crippen MR) is 131 cm³/mol. The standard InChI is InChI=1S/C27H34N2O5/c1-4-5-14-23(24(30)31)29-25(32)27(2,3)15-16-28-26(33)34-17-22-20-12-8-6-10-18(20)19-11-7-9-13-21(19)22/h6-13,22-23H,4-5,14-17H2,1-3H3,(H,28,33)(H,29,32)(H,30,31)/t23-/m0/s1. The van der Waals surface area contributed by atoms with Crippen LogP contribution >= 0.6 is 0 Å². The molecule has 0 saturated heterocycles. The van der Waals surface area contributed by atoms with Gasteiger partial charge in [0.15, 0.2) is 0 Å². The maximum absolute atomic E-state index is 12.6. The zero-order valence-corrected chi connectivity index (χ0v) is 20.1. The van der Waals surface area contributed by atoms with Crippen LogP contribution in [0.5, 0.6) is 0 Å². The molecule has 3 N–H and O–H groups in total. The summed E-state index contributed by atoms with van der Waals surface area (Å²) in [5, 5.41) is 14.7. The Morgan fingerprint density at radius 1 is 1.03 bits per heavy atom. The molecule has 0 heterocycles. The number of aliphatic carboxylic acids is 1. The van der Waals surface area contributed by atoms with Crippen LogP contribution in [0.15, 0.2) is 48.5 Å². The van der Waals surface area contributed by atoms with Gasteiger partial charge in [0.05, 0.1) is 0 Å². The van der Waals surface area contributed by atoms with Gasteiger partial charge in [-0.15, -0.1) is 0 Å². The maximum atomic E-state index is 12.6. The molecule has 3 rings (SSSR count). The first-order chi connectivity index (χ1) is 16.2. The number of alkyl carbamates (subject to hydrolysis) is 1. The Bertz CT molecular complexity index is 988. The number of rotatable bonds is 11. The SMILES string of the molecule is CCCC[C@H](NC(=O)C(C)(C)CCNC(=O)OCC1c2ccccc2-c2ccccc21)C(=O)O. The van der Waals surface area contributed by atoms with E-state index in [2.05, 4.69) is 34.9 Å². The van der Waals surface area contributed by atoms with Gasteiger partial charge in [0.25, 0.3) is 0 Å². The minimum absolute atomic E-state index is 0.0172. The van der Waals surface area contributed by atoms with E-state index in [-0.39, 0.29) is 25.0 Å². The number of nitrogens with one attached hydrogen (secondary N) is 2. The zero-order valence-electron chi connectivity index (χ0n) is 20.1. The molecule has 2 aromatic rings. The molecule has 7 nitrogen and oxygen atoms in total. The van der Waals surface area contributed by atoms with E-state index in [1.807, 2.05) is 31.2 Å². The number of hydrogen-bond acceptors (Lipinski definition) is 4. The number of carboxylic acid groups (broad SMARTS) is 1. The summed E-state index contributed by atoms with van der Waals surface area (Å²) in [6.07, 6.45) is 1.78. The van der Waals surface area contributed by atoms with Crippen molar-refractivity contribution in [3.05, 3.63) is 59.7 Å². The van der Waals surface area contributed by atoms with Crippen molar-refractivity contribution in [2.24, 2.45) is 5.41 Å². The number of carbonyl (C=O) groups excluding carboxylic acids is 2. The Morgan fingerprint density at radius 2 is 1.62 bits per heavy atom. The Labute approximate surface area is 200 Å². The van der Waals surface area contributed by atoms with Crippen molar-refractivity contribution >= 4 is 18.0 Å². The molecule has 0 radical (unpaired) electrons. The molecule has 0 aromatic heterocycles. The van der Waals surface area contributed by atoms with E-state index in [1.54, 1.807) is 13.8 Å². The van der Waals surface area contributed by atoms with Gasteiger partial charge in [-0.3, -0.25) is 4.79 Å². The first kappa shape index (κ1) is 25.3. The molecule has 2 amide bonds. The molecule has 1 aliphatic rings. The highest BCUT2D eigenvalue weighted by Gasteiger charge is 2.32. The molecular formula is C27H34N2O5. The topological polar surface area (TPSA) is 105 Å². The van der Waals surface area contributed by atoms with Gasteiger partial charge in [-0.05, 0) is 35.1 Å². The largest absolute Gasteiger partial charge is 0.480 e. The fourth-order valence-electron chi connectivity index (χ4n) is 4.26. The number of hydrogen-bond donors (Lipinski definition) is 3. The molecule has 2 aromatic carbocycles. The van der Waals surface area contributed by atoms with Crippen LogP contribution in [0.2, 0.25) is 0 Å². The molecule has 0 saturated carbocycles. The van der Waals surface area contributed by atoms with Crippen molar-refractivity contribution in [1.82, 2.24) is 10.6 Å². The lowest BCUT2D eigenvalue weighted by Crippen LogP contribution is -2.47. The van der Waals surface area contributed by atoms with E-state index in [0.29, 0.717) is 12.8 Å². The Balaban J connectivity index is 1.49. The summed E-state index contributed by atoms with van der Waals surface area (Å²) in [7, 11) is 0. The minimum Gasteiger partial charge on any atom is -0.480 e. The second-order valence-electron chi connectivity index (χ2n) is 9.39. The van der Waals surface area contributed by atoms with Crippen molar-refractivity contribution in [2.45, 2.75) is 58.4 Å². The Morgan fingerprint density at radius 3 is 2.18 bits per heavy atom. The minimum atomic E-state index is -1.03. The van der Waals surface area contributed by atoms with Gasteiger partial charge in [0.2, 0.25) is 5.91 Å². The van der Waals surface area contributed by atoms with E-state index in [9.17, 15) is 19.5 Å². The molecule has 7 heteroatoms. The third-order valence-corrected chi connectivity index (χ3v) is 6.43. The maximum Gasteiger partial charge on any atom is 0.407 e. The van der Waals surface area contributed by atoms with Crippen molar-refractivity contribution in [1.29, 1.82) is 0 Å². The monoisotopic (exact) mass is 466 g/mol. The molecule has 34 heavy (non-hydrogen) atoms. The highest BCUT2D eigenvalue weighted by molar-refractivity contribution is 5.87. The van der Waals surface area contributed by atoms with Gasteiger partial charge < -0.3 is 20.5 Å². The number of fused-ring (bicyclic) bond motifs is 3. The predicted octanol–water partition coefficient (Wildman–Crippen LogP) is 4.70. The number of carbonyl (C=O) groups is 3. The number of unbranched alkanes of at least 4 members (excludes halogenated alkanes) is 1. The second kappa shape index (κ2) is 11.2. The molecule has 0 bridgehead atoms. The molecule has 0 unspecified atom stereocenters. The third-order valence-electron chi connectivity index (χ3n) is 6.43. The van der Waals surface area contributed by atoms with Crippen LogP contribution in [0, 0.1) is 5.41 Å². The first-order valence-corrected chi connectivity index (χ1v) is 11.9. The summed E-state index contributed by atoms with van der Waals surface area (Å²) >= 11 is 0. The number of amides is 2. The lowest BCUT2D eigenvalue weighted by Gasteiger charge is -2.26. The Kier molecular flexibility index (Phi) is 8.31. The highest BCUT2D eigenvalue weighted by Crippen LogP contribution is 2.44. The van der Waals surface area contributed by atoms with Crippen LogP contribution in [0.4, 0.5) is 4.79 Å². The molecule has 1 atom stereocenters. The van der Waals surface area contributed by atoms with Crippen LogP contribution in [-0.2, 0) is 14.3 Å². The number of carboxylic acids is 1. The normalized spacial score (nSPS) is 13.5. The smallest absolute Gasteiger partial charge is 0.407 e. The van der Waals surface area contributed by atoms with Crippen molar-refractivity contribution < 1.29 is 24.2 Å². The zero-order chi connectivity index (χ0) is 24.7. The van der Waals surface area contributed by atoms with Gasteiger partial charge >= 0.3 is 12.1 Å². The highest BCUT2D eigenvalue weighted by atomic mass is 16.5. The van der Waals surface area contributed by atoms with Crippen molar-refractivity contribution in [3.8, 4) is 11.1 Å². The van der Waals surface area contributed by atoms with Crippen LogP contribution < -0.4 is 10.6 Å². The summed E-state index contributed by atoms with van der Waals surface area (Å²) in [6, 6.07) is 15.4. The Hall–Kier alpha value is -3.35. The summed E-state index contributed by atoms with van der Waals surface area (Å²) in [6.45, 7) is 5.91. The molecular weight excluding hydrogens is 432 g/mol. The van der Waals surface area contributed by atoms with E-state index < -0.39 is 23.5 Å². The summed E-state index contributed by atoms with van der Waals surface area (Å²) in [4.78, 5) is 36.4. The summed E-state index contributed by atoms with van der Waals surface area (Å²) in [5.74, 6) is -1.39. The van der Waals surface area contributed by atoms with Crippen molar-refractivity contribution in [3.63, 3.8) is 0 Å². The average molecular weight is 467 g/mol. The second-order valence-corrected chi connectivity index (χ2v) is 9.39. The van der Waals surface area contributed by atoms with Gasteiger partial charge in [-0.25, -0.2) is 9.59 Å². The van der Waals surface area contributed by atoms with Crippen molar-refractivity contribution in [2.75, 3.05) is 13.2 Å².